The third-order valence-electron chi connectivity index (χ3n) is 3.09. The standard InChI is InChI=1S/C10H20BrN5O2S/c1-5-8(2)15(3)7-6-12-19(17,18)10-9(11)13-14-16(10)4/h8,12H,5-7H2,1-4H3. The molecule has 1 aromatic rings. The third-order valence-corrected chi connectivity index (χ3v) is 5.44. The maximum absolute atomic E-state index is 12.1. The Morgan fingerprint density at radius 3 is 2.63 bits per heavy atom. The van der Waals surface area contributed by atoms with Gasteiger partial charge < -0.3 is 4.90 Å². The Morgan fingerprint density at radius 1 is 1.53 bits per heavy atom. The molecule has 0 aliphatic rings. The molecule has 7 nitrogen and oxygen atoms in total. The largest absolute Gasteiger partial charge is 0.302 e. The van der Waals surface area contributed by atoms with Crippen molar-refractivity contribution >= 4 is 26.0 Å². The number of nitrogens with zero attached hydrogens (tertiary/aromatic N) is 4. The van der Waals surface area contributed by atoms with Crippen LogP contribution in [0.5, 0.6) is 0 Å². The van der Waals surface area contributed by atoms with Crippen LogP contribution in [0.3, 0.4) is 0 Å². The molecule has 1 rings (SSSR count). The summed E-state index contributed by atoms with van der Waals surface area (Å²) in [6.07, 6.45) is 1.03. The van der Waals surface area contributed by atoms with Crippen molar-refractivity contribution in [3.8, 4) is 0 Å². The van der Waals surface area contributed by atoms with Gasteiger partial charge in [-0.2, -0.15) is 0 Å². The maximum atomic E-state index is 12.1. The topological polar surface area (TPSA) is 80.1 Å². The van der Waals surface area contributed by atoms with Crippen LogP contribution in [0.25, 0.3) is 0 Å². The highest BCUT2D eigenvalue weighted by atomic mass is 79.9. The Hall–Kier alpha value is -0.510. The first-order chi connectivity index (χ1) is 8.79. The number of nitrogens with one attached hydrogen (secondary N) is 1. The Labute approximate surface area is 122 Å². The van der Waals surface area contributed by atoms with Gasteiger partial charge in [0.1, 0.15) is 0 Å². The van der Waals surface area contributed by atoms with Gasteiger partial charge in [-0.3, -0.25) is 0 Å². The monoisotopic (exact) mass is 353 g/mol. The van der Waals surface area contributed by atoms with E-state index in [1.54, 1.807) is 0 Å². The van der Waals surface area contributed by atoms with Crippen molar-refractivity contribution in [2.75, 3.05) is 20.1 Å². The van der Waals surface area contributed by atoms with Gasteiger partial charge in [0, 0.05) is 26.2 Å². The zero-order valence-electron chi connectivity index (χ0n) is 11.6. The van der Waals surface area contributed by atoms with E-state index in [4.69, 9.17) is 0 Å². The minimum atomic E-state index is -3.59. The first kappa shape index (κ1) is 16.5. The molecule has 0 fully saturated rings. The molecule has 1 aromatic heterocycles. The zero-order chi connectivity index (χ0) is 14.6. The second-order valence-electron chi connectivity index (χ2n) is 4.44. The van der Waals surface area contributed by atoms with E-state index < -0.39 is 10.0 Å². The first-order valence-corrected chi connectivity index (χ1v) is 8.32. The molecule has 0 spiro atoms. The average molecular weight is 354 g/mol. The van der Waals surface area contributed by atoms with Crippen LogP contribution in [-0.4, -0.2) is 54.5 Å². The van der Waals surface area contributed by atoms with Crippen molar-refractivity contribution in [2.45, 2.75) is 31.3 Å². The van der Waals surface area contributed by atoms with Crippen molar-refractivity contribution in [1.29, 1.82) is 0 Å². The predicted octanol–water partition coefficient (Wildman–Crippen LogP) is 0.586. The van der Waals surface area contributed by atoms with E-state index in [0.29, 0.717) is 19.1 Å². The van der Waals surface area contributed by atoms with Crippen LogP contribution in [-0.2, 0) is 17.1 Å². The van der Waals surface area contributed by atoms with Gasteiger partial charge in [-0.05, 0) is 36.3 Å². The Kier molecular flexibility index (Phi) is 5.90. The third kappa shape index (κ3) is 4.23. The van der Waals surface area contributed by atoms with Crippen molar-refractivity contribution in [3.63, 3.8) is 0 Å². The second kappa shape index (κ2) is 6.78. The number of hydrogen-bond acceptors (Lipinski definition) is 5. The highest BCUT2D eigenvalue weighted by molar-refractivity contribution is 9.10. The molecule has 0 aromatic carbocycles. The van der Waals surface area contributed by atoms with E-state index in [2.05, 4.69) is 49.7 Å². The Bertz CT molecular complexity index is 496. The van der Waals surface area contributed by atoms with E-state index in [1.165, 1.54) is 11.7 Å². The molecule has 0 saturated heterocycles. The van der Waals surface area contributed by atoms with Gasteiger partial charge in [-0.25, -0.2) is 17.8 Å². The number of likely N-dealkylation sites (N-methyl/N-ethyl adjacent to an activating group) is 1. The summed E-state index contributed by atoms with van der Waals surface area (Å²) in [4.78, 5) is 2.11. The lowest BCUT2D eigenvalue weighted by Crippen LogP contribution is -2.37. The molecule has 0 bridgehead atoms. The molecule has 0 amide bonds. The molecule has 110 valence electrons. The molecule has 0 saturated carbocycles. The number of sulfonamides is 1. The second-order valence-corrected chi connectivity index (χ2v) is 6.88. The summed E-state index contributed by atoms with van der Waals surface area (Å²) in [6, 6.07) is 0.426. The minimum absolute atomic E-state index is 0.0405. The van der Waals surface area contributed by atoms with E-state index in [1.807, 2.05) is 7.05 Å². The average Bonchev–Trinajstić information content (AvgIpc) is 2.68. The number of aryl methyl sites for hydroxylation is 1. The van der Waals surface area contributed by atoms with Gasteiger partial charge in [0.2, 0.25) is 5.03 Å². The zero-order valence-corrected chi connectivity index (χ0v) is 14.0. The fourth-order valence-corrected chi connectivity index (χ4v) is 3.68. The van der Waals surface area contributed by atoms with Crippen molar-refractivity contribution < 1.29 is 8.42 Å². The maximum Gasteiger partial charge on any atom is 0.260 e. The summed E-state index contributed by atoms with van der Waals surface area (Å²) in [5.74, 6) is 0. The fourth-order valence-electron chi connectivity index (χ4n) is 1.56. The number of rotatable bonds is 7. The van der Waals surface area contributed by atoms with Gasteiger partial charge in [0.05, 0.1) is 0 Å². The van der Waals surface area contributed by atoms with Gasteiger partial charge >= 0.3 is 0 Å². The van der Waals surface area contributed by atoms with Crippen molar-refractivity contribution in [1.82, 2.24) is 24.6 Å². The quantitative estimate of drug-likeness (QED) is 0.775. The molecule has 1 unspecified atom stereocenters. The highest BCUT2D eigenvalue weighted by Gasteiger charge is 2.23. The van der Waals surface area contributed by atoms with Crippen LogP contribution in [0, 0.1) is 0 Å². The normalized spacial score (nSPS) is 14.0. The van der Waals surface area contributed by atoms with E-state index in [9.17, 15) is 8.42 Å². The van der Waals surface area contributed by atoms with Crippen LogP contribution < -0.4 is 4.72 Å². The molecule has 0 aliphatic heterocycles. The summed E-state index contributed by atoms with van der Waals surface area (Å²) in [7, 11) is -0.0765. The minimum Gasteiger partial charge on any atom is -0.302 e. The molecule has 1 atom stereocenters. The van der Waals surface area contributed by atoms with Crippen LogP contribution >= 0.6 is 15.9 Å². The van der Waals surface area contributed by atoms with E-state index >= 15 is 0 Å². The van der Waals surface area contributed by atoms with Gasteiger partial charge in [-0.1, -0.05) is 12.1 Å². The smallest absolute Gasteiger partial charge is 0.260 e. The van der Waals surface area contributed by atoms with Gasteiger partial charge in [-0.15, -0.1) is 5.10 Å². The van der Waals surface area contributed by atoms with E-state index in [0.717, 1.165) is 6.42 Å². The SMILES string of the molecule is CCC(C)N(C)CCNS(=O)(=O)c1c(Br)nnn1C. The molecule has 19 heavy (non-hydrogen) atoms. The summed E-state index contributed by atoms with van der Waals surface area (Å²) in [5, 5.41) is 7.36. The Balaban J connectivity index is 2.63. The number of hydrogen-bond donors (Lipinski definition) is 1. The molecule has 0 radical (unpaired) electrons. The molecule has 1 N–H and O–H groups in total. The highest BCUT2D eigenvalue weighted by Crippen LogP contribution is 2.17. The Morgan fingerprint density at radius 2 is 2.16 bits per heavy atom. The molecule has 9 heteroatoms. The lowest BCUT2D eigenvalue weighted by molar-refractivity contribution is 0.256. The van der Waals surface area contributed by atoms with Gasteiger partial charge in [0.25, 0.3) is 10.0 Å². The molecule has 0 aliphatic carbocycles. The van der Waals surface area contributed by atoms with Crippen LogP contribution in [0.15, 0.2) is 9.63 Å². The van der Waals surface area contributed by atoms with Crippen LogP contribution in [0.4, 0.5) is 0 Å². The summed E-state index contributed by atoms with van der Waals surface area (Å²) in [5.41, 5.74) is 0. The van der Waals surface area contributed by atoms with Crippen molar-refractivity contribution in [3.05, 3.63) is 4.60 Å². The molecular formula is C10H20BrN5O2S. The summed E-state index contributed by atoms with van der Waals surface area (Å²) in [6.45, 7) is 5.21. The van der Waals surface area contributed by atoms with Crippen LogP contribution in [0.2, 0.25) is 0 Å². The lowest BCUT2D eigenvalue weighted by Gasteiger charge is -2.23. The van der Waals surface area contributed by atoms with Crippen LogP contribution in [0.1, 0.15) is 20.3 Å². The number of halogens is 1. The summed E-state index contributed by atoms with van der Waals surface area (Å²) >= 11 is 3.08. The van der Waals surface area contributed by atoms with Gasteiger partial charge in [0.15, 0.2) is 4.60 Å². The fraction of sp³-hybridized carbons (Fsp3) is 0.800. The van der Waals surface area contributed by atoms with Crippen molar-refractivity contribution in [2.24, 2.45) is 7.05 Å². The number of aromatic nitrogens is 3. The van der Waals surface area contributed by atoms with E-state index in [-0.39, 0.29) is 9.63 Å². The predicted molar refractivity (Wildman–Crippen MR) is 76.3 cm³/mol. The molecular weight excluding hydrogens is 334 g/mol. The first-order valence-electron chi connectivity index (χ1n) is 6.04. The lowest BCUT2D eigenvalue weighted by atomic mass is 10.2. The summed E-state index contributed by atoms with van der Waals surface area (Å²) < 4.78 is 28.2. The molecule has 1 heterocycles.